The second-order valence-electron chi connectivity index (χ2n) is 5.52. The molecule has 1 heterocycles. The van der Waals surface area contributed by atoms with E-state index in [1.165, 1.54) is 0 Å². The Hall–Kier alpha value is -1.77. The molecule has 0 unspecified atom stereocenters. The molecule has 0 fully saturated rings. The summed E-state index contributed by atoms with van der Waals surface area (Å²) in [4.78, 5) is 15.9. The Morgan fingerprint density at radius 3 is 2.42 bits per heavy atom. The highest BCUT2D eigenvalue weighted by molar-refractivity contribution is 5.81. The van der Waals surface area contributed by atoms with Crippen molar-refractivity contribution in [3.05, 3.63) is 39.7 Å². The molecule has 0 aliphatic heterocycles. The van der Waals surface area contributed by atoms with Crippen molar-refractivity contribution >= 4 is 10.9 Å². The summed E-state index contributed by atoms with van der Waals surface area (Å²) < 4.78 is 5.66. The molecule has 1 N–H and O–H groups in total. The molecule has 0 atom stereocenters. The summed E-state index contributed by atoms with van der Waals surface area (Å²) in [7, 11) is 0. The Morgan fingerprint density at radius 1 is 1.16 bits per heavy atom. The number of hydrogen-bond donors (Lipinski definition) is 1. The lowest BCUT2D eigenvalue weighted by atomic mass is 9.99. The van der Waals surface area contributed by atoms with E-state index in [2.05, 4.69) is 4.98 Å². The summed E-state index contributed by atoms with van der Waals surface area (Å²) in [5.74, 6) is 0.953. The number of ether oxygens (including phenoxy) is 1. The van der Waals surface area contributed by atoms with Crippen LogP contribution in [0.2, 0.25) is 0 Å². The molecule has 0 aliphatic rings. The summed E-state index contributed by atoms with van der Waals surface area (Å²) >= 11 is 0. The van der Waals surface area contributed by atoms with Gasteiger partial charge in [-0.1, -0.05) is 13.8 Å². The van der Waals surface area contributed by atoms with Crippen LogP contribution in [-0.4, -0.2) is 11.1 Å². The largest absolute Gasteiger partial charge is 0.491 e. The molecule has 1 aromatic heterocycles. The molecule has 0 amide bonds. The molecule has 0 saturated heterocycles. The van der Waals surface area contributed by atoms with Crippen LogP contribution in [0.1, 0.15) is 44.9 Å². The molecule has 19 heavy (non-hydrogen) atoms. The number of H-pyrrole nitrogens is 1. The summed E-state index contributed by atoms with van der Waals surface area (Å²) in [6.45, 7) is 9.98. The third kappa shape index (κ3) is 2.65. The van der Waals surface area contributed by atoms with E-state index < -0.39 is 0 Å². The van der Waals surface area contributed by atoms with Crippen LogP contribution in [-0.2, 0) is 0 Å². The van der Waals surface area contributed by atoms with Gasteiger partial charge in [-0.15, -0.1) is 0 Å². The SMILES string of the molecule is Cc1[nH]c2ccc(OC(C)C)cc2c(=O)c1C(C)C. The fourth-order valence-electron chi connectivity index (χ4n) is 2.45. The van der Waals surface area contributed by atoms with E-state index in [0.29, 0.717) is 5.39 Å². The zero-order valence-corrected chi connectivity index (χ0v) is 12.2. The van der Waals surface area contributed by atoms with Gasteiger partial charge in [-0.3, -0.25) is 4.79 Å². The van der Waals surface area contributed by atoms with Gasteiger partial charge in [0.1, 0.15) is 5.75 Å². The number of nitrogens with one attached hydrogen (secondary N) is 1. The first kappa shape index (κ1) is 13.7. The molecular weight excluding hydrogens is 238 g/mol. The molecule has 2 aromatic rings. The highest BCUT2D eigenvalue weighted by Crippen LogP contribution is 2.22. The predicted molar refractivity (Wildman–Crippen MR) is 79.2 cm³/mol. The van der Waals surface area contributed by atoms with Gasteiger partial charge in [0.15, 0.2) is 5.43 Å². The maximum Gasteiger partial charge on any atom is 0.193 e. The summed E-state index contributed by atoms with van der Waals surface area (Å²) in [6.07, 6.45) is 0.103. The highest BCUT2D eigenvalue weighted by Gasteiger charge is 2.13. The smallest absolute Gasteiger partial charge is 0.193 e. The number of benzene rings is 1. The minimum absolute atomic E-state index is 0.103. The van der Waals surface area contributed by atoms with E-state index in [9.17, 15) is 4.79 Å². The van der Waals surface area contributed by atoms with E-state index in [4.69, 9.17) is 4.74 Å². The predicted octanol–water partition coefficient (Wildman–Crippen LogP) is 3.75. The van der Waals surface area contributed by atoms with Crippen LogP contribution in [0, 0.1) is 6.92 Å². The number of hydrogen-bond acceptors (Lipinski definition) is 2. The zero-order chi connectivity index (χ0) is 14.2. The standard InChI is InChI=1S/C16H21NO2/c1-9(2)15-11(5)17-14-7-6-12(19-10(3)4)8-13(14)16(15)18/h6-10H,1-5H3,(H,17,18). The van der Waals surface area contributed by atoms with Gasteiger partial charge >= 0.3 is 0 Å². The lowest BCUT2D eigenvalue weighted by molar-refractivity contribution is 0.243. The first-order valence-electron chi connectivity index (χ1n) is 6.73. The van der Waals surface area contributed by atoms with E-state index in [0.717, 1.165) is 22.5 Å². The van der Waals surface area contributed by atoms with Crippen molar-refractivity contribution in [2.75, 3.05) is 0 Å². The minimum atomic E-state index is 0.103. The number of pyridine rings is 1. The molecule has 3 heteroatoms. The van der Waals surface area contributed by atoms with Crippen LogP contribution in [0.4, 0.5) is 0 Å². The number of rotatable bonds is 3. The lowest BCUT2D eigenvalue weighted by Crippen LogP contribution is -2.15. The molecule has 0 saturated carbocycles. The lowest BCUT2D eigenvalue weighted by Gasteiger charge is -2.13. The Bertz CT molecular complexity index is 654. The monoisotopic (exact) mass is 259 g/mol. The van der Waals surface area contributed by atoms with Crippen LogP contribution in [0.25, 0.3) is 10.9 Å². The Kier molecular flexibility index (Phi) is 3.65. The van der Waals surface area contributed by atoms with Crippen molar-refractivity contribution in [3.63, 3.8) is 0 Å². The Balaban J connectivity index is 2.67. The molecule has 102 valence electrons. The van der Waals surface area contributed by atoms with E-state index in [-0.39, 0.29) is 17.5 Å². The van der Waals surface area contributed by atoms with Crippen molar-refractivity contribution in [1.29, 1.82) is 0 Å². The van der Waals surface area contributed by atoms with Gasteiger partial charge in [0, 0.05) is 22.2 Å². The Morgan fingerprint density at radius 2 is 1.84 bits per heavy atom. The molecule has 2 rings (SSSR count). The van der Waals surface area contributed by atoms with Gasteiger partial charge in [-0.25, -0.2) is 0 Å². The topological polar surface area (TPSA) is 42.1 Å². The fraction of sp³-hybridized carbons (Fsp3) is 0.438. The van der Waals surface area contributed by atoms with Crippen LogP contribution in [0.15, 0.2) is 23.0 Å². The van der Waals surface area contributed by atoms with Crippen molar-refractivity contribution in [2.24, 2.45) is 0 Å². The third-order valence-electron chi connectivity index (χ3n) is 3.16. The summed E-state index contributed by atoms with van der Waals surface area (Å²) in [5, 5.41) is 0.701. The molecule has 0 spiro atoms. The van der Waals surface area contributed by atoms with Gasteiger partial charge in [0.05, 0.1) is 6.10 Å². The second-order valence-corrected chi connectivity index (χ2v) is 5.52. The second kappa shape index (κ2) is 5.08. The maximum atomic E-state index is 12.6. The summed E-state index contributed by atoms with van der Waals surface area (Å²) in [6, 6.07) is 5.64. The molecule has 1 aromatic carbocycles. The quantitative estimate of drug-likeness (QED) is 0.912. The van der Waals surface area contributed by atoms with Gasteiger partial charge < -0.3 is 9.72 Å². The van der Waals surface area contributed by atoms with E-state index in [1.54, 1.807) is 0 Å². The third-order valence-corrected chi connectivity index (χ3v) is 3.16. The van der Waals surface area contributed by atoms with Crippen molar-refractivity contribution in [2.45, 2.75) is 46.6 Å². The van der Waals surface area contributed by atoms with Gasteiger partial charge in [0.25, 0.3) is 0 Å². The number of fused-ring (bicyclic) bond motifs is 1. The van der Waals surface area contributed by atoms with Gasteiger partial charge in [-0.2, -0.15) is 0 Å². The van der Waals surface area contributed by atoms with Gasteiger partial charge in [0.2, 0.25) is 0 Å². The van der Waals surface area contributed by atoms with Crippen molar-refractivity contribution < 1.29 is 4.74 Å². The average molecular weight is 259 g/mol. The Labute approximate surface area is 113 Å². The van der Waals surface area contributed by atoms with Crippen LogP contribution in [0.3, 0.4) is 0 Å². The number of aromatic amines is 1. The number of aromatic nitrogens is 1. The van der Waals surface area contributed by atoms with Gasteiger partial charge in [-0.05, 0) is 44.9 Å². The van der Waals surface area contributed by atoms with E-state index in [1.807, 2.05) is 52.8 Å². The van der Waals surface area contributed by atoms with Crippen LogP contribution < -0.4 is 10.2 Å². The molecule has 0 aliphatic carbocycles. The maximum absolute atomic E-state index is 12.6. The molecule has 0 bridgehead atoms. The molecule has 0 radical (unpaired) electrons. The van der Waals surface area contributed by atoms with Crippen molar-refractivity contribution in [3.8, 4) is 5.75 Å². The average Bonchev–Trinajstić information content (AvgIpc) is 2.28. The fourth-order valence-corrected chi connectivity index (χ4v) is 2.45. The molecular formula is C16H21NO2. The molecule has 3 nitrogen and oxygen atoms in total. The van der Waals surface area contributed by atoms with Crippen LogP contribution in [0.5, 0.6) is 5.75 Å². The summed E-state index contributed by atoms with van der Waals surface area (Å²) in [5.41, 5.74) is 2.78. The normalized spacial score (nSPS) is 11.5. The van der Waals surface area contributed by atoms with Crippen LogP contribution >= 0.6 is 0 Å². The van der Waals surface area contributed by atoms with Crippen molar-refractivity contribution in [1.82, 2.24) is 4.98 Å². The first-order valence-corrected chi connectivity index (χ1v) is 6.73. The number of aryl methyl sites for hydroxylation is 1. The first-order chi connectivity index (χ1) is 8.90. The van der Waals surface area contributed by atoms with E-state index >= 15 is 0 Å². The zero-order valence-electron chi connectivity index (χ0n) is 12.2. The highest BCUT2D eigenvalue weighted by atomic mass is 16.5. The minimum Gasteiger partial charge on any atom is -0.491 e.